The Hall–Kier alpha value is -1.76. The van der Waals surface area contributed by atoms with Crippen molar-refractivity contribution in [2.75, 3.05) is 7.11 Å². The van der Waals surface area contributed by atoms with Crippen molar-refractivity contribution in [2.24, 2.45) is 45.3 Å². The number of benzene rings is 1. The van der Waals surface area contributed by atoms with E-state index in [1.807, 2.05) is 0 Å². The molecule has 0 aliphatic heterocycles. The fourth-order valence-corrected chi connectivity index (χ4v) is 11.6. The molecule has 0 aromatic heterocycles. The quantitative estimate of drug-likeness (QED) is 0.366. The molecule has 10 rings (SSSR count). The van der Waals surface area contributed by atoms with Crippen molar-refractivity contribution in [1.82, 2.24) is 0 Å². The molecule has 1 nitrogen and oxygen atoms in total. The van der Waals surface area contributed by atoms with Crippen molar-refractivity contribution in [3.05, 3.63) is 63.3 Å². The van der Waals surface area contributed by atoms with Gasteiger partial charge in [-0.25, -0.2) is 0 Å². The van der Waals surface area contributed by atoms with E-state index in [1.165, 1.54) is 38.5 Å². The summed E-state index contributed by atoms with van der Waals surface area (Å²) in [6, 6.07) is 9.41. The second-order valence-electron chi connectivity index (χ2n) is 16.0. The molecule has 9 aliphatic carbocycles. The van der Waals surface area contributed by atoms with Gasteiger partial charge in [0.2, 0.25) is 0 Å². The van der Waals surface area contributed by atoms with E-state index in [1.54, 1.807) is 46.1 Å². The van der Waals surface area contributed by atoms with Gasteiger partial charge in [0.1, 0.15) is 5.75 Å². The van der Waals surface area contributed by atoms with Gasteiger partial charge in [0.15, 0.2) is 0 Å². The van der Waals surface area contributed by atoms with Crippen LogP contribution in [0.25, 0.3) is 0 Å². The van der Waals surface area contributed by atoms with E-state index in [4.69, 9.17) is 4.74 Å². The van der Waals surface area contributed by atoms with Crippen LogP contribution in [0.1, 0.15) is 106 Å². The van der Waals surface area contributed by atoms with Gasteiger partial charge in [-0.05, 0) is 117 Å². The first-order valence-electron chi connectivity index (χ1n) is 15.5. The molecular weight excluding hydrogens is 460 g/mol. The van der Waals surface area contributed by atoms with E-state index in [-0.39, 0.29) is 10.8 Å². The highest BCUT2D eigenvalue weighted by atomic mass is 16.5. The predicted octanol–water partition coefficient (Wildman–Crippen LogP) is 9.83. The molecule has 1 heteroatoms. The number of hydrogen-bond acceptors (Lipinski definition) is 1. The molecule has 204 valence electrons. The maximum atomic E-state index is 5.67. The van der Waals surface area contributed by atoms with Crippen LogP contribution in [0.4, 0.5) is 0 Å². The Morgan fingerprint density at radius 2 is 1.18 bits per heavy atom. The highest BCUT2D eigenvalue weighted by Crippen LogP contribution is 2.79. The lowest BCUT2D eigenvalue weighted by molar-refractivity contribution is -0.0593. The number of hydrogen-bond donors (Lipinski definition) is 0. The summed E-state index contributed by atoms with van der Waals surface area (Å²) < 4.78 is 5.67. The molecule has 0 spiro atoms. The molecule has 0 amide bonds. The number of ether oxygens (including phenoxy) is 1. The van der Waals surface area contributed by atoms with Gasteiger partial charge in [0, 0.05) is 10.8 Å². The summed E-state index contributed by atoms with van der Waals surface area (Å²) in [5, 5.41) is 0. The third-order valence-electron chi connectivity index (χ3n) is 14.5. The minimum atomic E-state index is 0.0674. The number of methoxy groups -OCH3 is 1. The fraction of sp³-hybridized carbons (Fsp3) is 0.676. The van der Waals surface area contributed by atoms with Crippen LogP contribution < -0.4 is 4.74 Å². The topological polar surface area (TPSA) is 9.23 Å². The van der Waals surface area contributed by atoms with Gasteiger partial charge < -0.3 is 4.74 Å². The van der Waals surface area contributed by atoms with Crippen molar-refractivity contribution in [3.8, 4) is 5.75 Å². The summed E-state index contributed by atoms with van der Waals surface area (Å²) in [6.07, 6.45) is 8.02. The van der Waals surface area contributed by atoms with E-state index in [2.05, 4.69) is 86.6 Å². The van der Waals surface area contributed by atoms with E-state index < -0.39 is 0 Å². The molecular formula is C37H50O. The SMILES string of the molecule is COc1ccc(C2(C3(C4CC5CC(=C4C)C5(C)C)CC4CC(=C3C)C4(C)C)CC3CC(=C2C)C3(C)C)cc1. The molecule has 3 saturated carbocycles. The molecule has 1 aromatic rings. The number of fused-ring (bicyclic) bond motifs is 8. The lowest BCUT2D eigenvalue weighted by Gasteiger charge is -2.73. The lowest BCUT2D eigenvalue weighted by atomic mass is 9.31. The van der Waals surface area contributed by atoms with E-state index in [0.29, 0.717) is 22.2 Å². The lowest BCUT2D eigenvalue weighted by Crippen LogP contribution is -2.65. The largest absolute Gasteiger partial charge is 0.497 e. The van der Waals surface area contributed by atoms with E-state index in [0.717, 1.165) is 23.5 Å². The summed E-state index contributed by atoms with van der Waals surface area (Å²) in [6.45, 7) is 22.9. The Bertz CT molecular complexity index is 1330. The molecule has 0 N–H and O–H groups in total. The Kier molecular flexibility index (Phi) is 4.84. The van der Waals surface area contributed by atoms with Crippen LogP contribution in [0.5, 0.6) is 5.75 Å². The number of allylic oxidation sites excluding steroid dienone is 6. The smallest absolute Gasteiger partial charge is 0.118 e. The van der Waals surface area contributed by atoms with Crippen LogP contribution in [0.3, 0.4) is 0 Å². The van der Waals surface area contributed by atoms with Crippen molar-refractivity contribution < 1.29 is 4.74 Å². The van der Waals surface area contributed by atoms with Crippen molar-refractivity contribution in [2.45, 2.75) is 106 Å². The molecule has 1 aromatic carbocycles. The maximum absolute atomic E-state index is 5.67. The first-order chi connectivity index (χ1) is 17.7. The summed E-state index contributed by atoms with van der Waals surface area (Å²) in [5.74, 6) is 4.03. The Morgan fingerprint density at radius 3 is 1.66 bits per heavy atom. The second kappa shape index (κ2) is 7.30. The second-order valence-corrected chi connectivity index (χ2v) is 16.0. The number of rotatable bonds is 4. The molecule has 3 fully saturated rings. The fourth-order valence-electron chi connectivity index (χ4n) is 11.6. The first-order valence-corrected chi connectivity index (χ1v) is 15.5. The van der Waals surface area contributed by atoms with Gasteiger partial charge in [-0.3, -0.25) is 0 Å². The van der Waals surface area contributed by atoms with E-state index >= 15 is 0 Å². The Balaban J connectivity index is 1.55. The van der Waals surface area contributed by atoms with Crippen LogP contribution in [0, 0.1) is 45.3 Å². The van der Waals surface area contributed by atoms with Crippen LogP contribution in [0.15, 0.2) is 57.7 Å². The third kappa shape index (κ3) is 2.57. The van der Waals surface area contributed by atoms with Crippen molar-refractivity contribution >= 4 is 0 Å². The summed E-state index contributed by atoms with van der Waals surface area (Å²) in [4.78, 5) is 0. The first kappa shape index (κ1) is 25.2. The van der Waals surface area contributed by atoms with Gasteiger partial charge in [0.05, 0.1) is 7.11 Å². The highest BCUT2D eigenvalue weighted by Gasteiger charge is 2.71. The normalized spacial score (nSPS) is 41.3. The highest BCUT2D eigenvalue weighted by molar-refractivity contribution is 5.57. The zero-order valence-electron chi connectivity index (χ0n) is 25.8. The molecule has 38 heavy (non-hydrogen) atoms. The molecule has 6 atom stereocenters. The molecule has 9 aliphatic rings. The summed E-state index contributed by atoms with van der Waals surface area (Å²) in [7, 11) is 1.80. The van der Waals surface area contributed by atoms with Gasteiger partial charge in [-0.2, -0.15) is 0 Å². The van der Waals surface area contributed by atoms with Crippen LogP contribution in [-0.2, 0) is 5.41 Å². The Labute approximate surface area is 232 Å². The average Bonchev–Trinajstić information content (AvgIpc) is 2.88. The minimum Gasteiger partial charge on any atom is -0.497 e. The molecule has 6 unspecified atom stereocenters. The monoisotopic (exact) mass is 510 g/mol. The van der Waals surface area contributed by atoms with Gasteiger partial charge in [0.25, 0.3) is 0 Å². The third-order valence-corrected chi connectivity index (χ3v) is 14.5. The summed E-state index contributed by atoms with van der Waals surface area (Å²) in [5.41, 5.74) is 13.6. The molecule has 0 radical (unpaired) electrons. The zero-order chi connectivity index (χ0) is 27.2. The van der Waals surface area contributed by atoms with Crippen molar-refractivity contribution in [3.63, 3.8) is 0 Å². The van der Waals surface area contributed by atoms with Crippen LogP contribution >= 0.6 is 0 Å². The van der Waals surface area contributed by atoms with Crippen LogP contribution in [-0.4, -0.2) is 7.11 Å². The minimum absolute atomic E-state index is 0.0674. The van der Waals surface area contributed by atoms with Gasteiger partial charge in [-0.1, -0.05) is 87.1 Å². The summed E-state index contributed by atoms with van der Waals surface area (Å²) >= 11 is 0. The molecule has 0 heterocycles. The van der Waals surface area contributed by atoms with Crippen molar-refractivity contribution in [1.29, 1.82) is 0 Å². The average molecular weight is 511 g/mol. The zero-order valence-corrected chi connectivity index (χ0v) is 25.8. The molecule has 6 bridgehead atoms. The van der Waals surface area contributed by atoms with Gasteiger partial charge >= 0.3 is 0 Å². The van der Waals surface area contributed by atoms with Gasteiger partial charge in [-0.15, -0.1) is 0 Å². The van der Waals surface area contributed by atoms with E-state index in [9.17, 15) is 0 Å². The van der Waals surface area contributed by atoms with Crippen LogP contribution in [0.2, 0.25) is 0 Å². The maximum Gasteiger partial charge on any atom is 0.118 e. The predicted molar refractivity (Wildman–Crippen MR) is 158 cm³/mol. The standard InChI is InChI=1S/C37H50O/c1-21-29-15-25(33(29,4)5)16-30(21)37(20-27-18-32(23(37)3)35(27,8)9)36(24-11-13-28(38-10)14-12-24)19-26-17-31(22(36)2)34(26,6)7/h11-14,25-27,30H,15-20H2,1-10H3. The Morgan fingerprint density at radius 1 is 0.658 bits per heavy atom. The molecule has 0 saturated heterocycles.